The van der Waals surface area contributed by atoms with Gasteiger partial charge in [0, 0.05) is 55.4 Å². The minimum Gasteiger partial charge on any atom is -0.505 e. The first-order chi connectivity index (χ1) is 33.6. The molecule has 3 fully saturated rings. The van der Waals surface area contributed by atoms with Gasteiger partial charge in [0.15, 0.2) is 53.0 Å². The molecule has 6 heterocycles. The number of cyclic esters (lactones) is 3. The second-order valence-electron chi connectivity index (χ2n) is 17.3. The van der Waals surface area contributed by atoms with Crippen molar-refractivity contribution >= 4 is 70.3 Å². The summed E-state index contributed by atoms with van der Waals surface area (Å²) >= 11 is 2.01. The van der Waals surface area contributed by atoms with Gasteiger partial charge in [0.05, 0.1) is 19.8 Å². The Kier molecular flexibility index (Phi) is 22.1. The zero-order valence-electron chi connectivity index (χ0n) is 42.9. The lowest BCUT2D eigenvalue weighted by Crippen LogP contribution is -2.34. The molecular formula is C45H63IO27. The number of carbonyl (C=O) groups is 8. The molecule has 0 aliphatic carbocycles. The van der Waals surface area contributed by atoms with E-state index in [0.29, 0.717) is 0 Å². The molecule has 27 nitrogen and oxygen atoms in total. The van der Waals surface area contributed by atoms with Crippen molar-refractivity contribution in [2.24, 2.45) is 0 Å². The van der Waals surface area contributed by atoms with Crippen molar-refractivity contribution < 1.29 is 129 Å². The summed E-state index contributed by atoms with van der Waals surface area (Å²) < 4.78 is 88.9. The molecule has 3 saturated heterocycles. The number of ether oxygens (including phenoxy) is 17. The lowest BCUT2D eigenvalue weighted by Gasteiger charge is -2.23. The standard InChI is InChI=1S/C17H24O10.C15H20O9.C9H12O6.C4H7IO2/c1-8(18)22-10(3)24-14-13(12-7-21-17(5,6)27-12)26-16(20)15(14)25-11(4)23-9(2)19;1-7(16)20-9(3)22-12-11(10-6-19-15(4,5)24-10)23-14(18)13(12)21-8(2)17;1-9(2)13-3-4(15-9)7-5(10)6(11)8(12)14-7;1-3(5)7-4(2)6/h10-13H,7H2,1-6H3;9-11H,6H2,1-5H3;4,7,10-11H,3H2,1-2H3;3H,1-2H3. The van der Waals surface area contributed by atoms with E-state index >= 15 is 0 Å². The van der Waals surface area contributed by atoms with Gasteiger partial charge in [-0.3, -0.25) is 24.0 Å². The molecule has 6 aliphatic heterocycles. The average Bonchev–Trinajstić information content (AvgIpc) is 4.06. The Morgan fingerprint density at radius 1 is 0.507 bits per heavy atom. The molecule has 0 spiro atoms. The first kappa shape index (κ1) is 61.8. The maximum atomic E-state index is 12.3. The maximum absolute atomic E-state index is 12.3. The molecule has 0 bridgehead atoms. The van der Waals surface area contributed by atoms with Gasteiger partial charge in [0.1, 0.15) is 22.4 Å². The quantitative estimate of drug-likeness (QED) is 0.0824. The predicted molar refractivity (Wildman–Crippen MR) is 245 cm³/mol. The number of rotatable bonds is 14. The summed E-state index contributed by atoms with van der Waals surface area (Å²) in [5.41, 5.74) is 0. The predicted octanol–water partition coefficient (Wildman–Crippen LogP) is 3.61. The van der Waals surface area contributed by atoms with Crippen LogP contribution in [0.3, 0.4) is 0 Å². The van der Waals surface area contributed by atoms with Crippen LogP contribution in [0, 0.1) is 0 Å². The van der Waals surface area contributed by atoms with E-state index in [1.807, 2.05) is 29.5 Å². The Hall–Kier alpha value is -5.53. The van der Waals surface area contributed by atoms with Crippen molar-refractivity contribution in [3.63, 3.8) is 0 Å². The van der Waals surface area contributed by atoms with Crippen molar-refractivity contribution in [1.29, 1.82) is 0 Å². The Bertz CT molecular complexity index is 2160. The first-order valence-electron chi connectivity index (χ1n) is 22.3. The number of aliphatic hydroxyl groups excluding tert-OH is 2. The fourth-order valence-electron chi connectivity index (χ4n) is 6.81. The van der Waals surface area contributed by atoms with Crippen LogP contribution < -0.4 is 0 Å². The summed E-state index contributed by atoms with van der Waals surface area (Å²) in [6.07, 6.45) is -7.94. The van der Waals surface area contributed by atoms with E-state index in [1.165, 1.54) is 48.5 Å². The van der Waals surface area contributed by atoms with E-state index < -0.39 is 126 Å². The van der Waals surface area contributed by atoms with Gasteiger partial charge in [0.2, 0.25) is 24.6 Å². The highest BCUT2D eigenvalue weighted by molar-refractivity contribution is 14.1. The second kappa shape index (κ2) is 26.1. The first-order valence-corrected chi connectivity index (χ1v) is 23.5. The lowest BCUT2D eigenvalue weighted by atomic mass is 10.2. The summed E-state index contributed by atoms with van der Waals surface area (Å²) in [7, 11) is 0. The number of hydrogen-bond acceptors (Lipinski definition) is 27. The van der Waals surface area contributed by atoms with E-state index in [4.69, 9.17) is 80.9 Å². The highest BCUT2D eigenvalue weighted by Crippen LogP contribution is 2.37. The zero-order chi connectivity index (χ0) is 55.5. The van der Waals surface area contributed by atoms with Gasteiger partial charge >= 0.3 is 47.8 Å². The van der Waals surface area contributed by atoms with Crippen LogP contribution in [0.15, 0.2) is 34.6 Å². The van der Waals surface area contributed by atoms with Gasteiger partial charge in [-0.2, -0.15) is 0 Å². The van der Waals surface area contributed by atoms with Crippen LogP contribution in [-0.2, 0) is 119 Å². The van der Waals surface area contributed by atoms with Crippen molar-refractivity contribution in [2.45, 2.75) is 181 Å². The molecule has 2 N–H and O–H groups in total. The van der Waals surface area contributed by atoms with Crippen LogP contribution in [-0.4, -0.2) is 155 Å². The van der Waals surface area contributed by atoms with Crippen LogP contribution in [0.25, 0.3) is 0 Å². The van der Waals surface area contributed by atoms with E-state index in [-0.39, 0.29) is 52.9 Å². The smallest absolute Gasteiger partial charge is 0.378 e. The lowest BCUT2D eigenvalue weighted by molar-refractivity contribution is -0.176. The Balaban J connectivity index is 0.000000279. The van der Waals surface area contributed by atoms with Gasteiger partial charge in [-0.1, -0.05) is 0 Å². The van der Waals surface area contributed by atoms with E-state index in [1.54, 1.807) is 41.5 Å². The van der Waals surface area contributed by atoms with Crippen molar-refractivity contribution in [2.75, 3.05) is 19.8 Å². The van der Waals surface area contributed by atoms with E-state index in [0.717, 1.165) is 6.92 Å². The molecule has 0 aromatic rings. The number of esters is 8. The van der Waals surface area contributed by atoms with Gasteiger partial charge in [-0.25, -0.2) is 14.4 Å². The Morgan fingerprint density at radius 3 is 1.12 bits per heavy atom. The SMILES string of the molecule is CC(=O)OC(C)I.CC(=O)OC(C)OC1=C(OC(C)OC(C)=O)C(C2COC(C)(C)O2)OC1=O.CC(=O)OC1=C(OC(C)OC(C)=O)C(C2COC(C)(C)O2)OC1=O.CC1(C)OCC(C2OC(=O)C(O)=C2O)O1. The summed E-state index contributed by atoms with van der Waals surface area (Å²) in [5, 5.41) is 18.5. The van der Waals surface area contributed by atoms with Crippen LogP contribution >= 0.6 is 22.6 Å². The van der Waals surface area contributed by atoms with Gasteiger partial charge in [0.25, 0.3) is 11.5 Å². The molecule has 0 saturated carbocycles. The number of halogens is 1. The molecule has 0 aromatic heterocycles. The summed E-state index contributed by atoms with van der Waals surface area (Å²) in [6.45, 7) is 23.1. The Labute approximate surface area is 433 Å². The summed E-state index contributed by atoms with van der Waals surface area (Å²) in [4.78, 5) is 89.7. The van der Waals surface area contributed by atoms with Crippen LogP contribution in [0.4, 0.5) is 0 Å². The number of aliphatic hydroxyl groups is 2. The third-order valence-electron chi connectivity index (χ3n) is 9.29. The monoisotopic (exact) mass is 1160 g/mol. The minimum absolute atomic E-state index is 0.00454. The van der Waals surface area contributed by atoms with Crippen molar-refractivity contribution in [3.05, 3.63) is 34.6 Å². The molecule has 73 heavy (non-hydrogen) atoms. The van der Waals surface area contributed by atoms with Crippen LogP contribution in [0.2, 0.25) is 0 Å². The van der Waals surface area contributed by atoms with Crippen LogP contribution in [0.1, 0.15) is 104 Å². The minimum atomic E-state index is -1.07. The van der Waals surface area contributed by atoms with Crippen molar-refractivity contribution in [3.8, 4) is 0 Å². The second-order valence-corrected chi connectivity index (χ2v) is 19.1. The molecule has 0 aromatic carbocycles. The number of alkyl halides is 1. The molecule has 6 aliphatic rings. The molecule has 412 valence electrons. The number of hydrogen-bond donors (Lipinski definition) is 2. The normalized spacial score (nSPS) is 26.9. The third kappa shape index (κ3) is 19.4. The summed E-state index contributed by atoms with van der Waals surface area (Å²) in [6, 6.07) is 0. The fraction of sp³-hybridized carbons (Fsp3) is 0.689. The highest BCUT2D eigenvalue weighted by atomic mass is 127. The average molecular weight is 1160 g/mol. The van der Waals surface area contributed by atoms with E-state index in [9.17, 15) is 43.5 Å². The molecule has 28 heteroatoms. The largest absolute Gasteiger partial charge is 0.505 e. The van der Waals surface area contributed by atoms with Gasteiger partial charge in [-0.05, 0) is 71.1 Å². The summed E-state index contributed by atoms with van der Waals surface area (Å²) in [5.74, 6) is -9.80. The molecular weight excluding hydrogens is 1100 g/mol. The van der Waals surface area contributed by atoms with Gasteiger partial charge in [-0.15, -0.1) is 0 Å². The molecule has 6 rings (SSSR count). The molecule has 0 radical (unpaired) electrons. The topological polar surface area (TPSA) is 334 Å². The highest BCUT2D eigenvalue weighted by Gasteiger charge is 2.51. The van der Waals surface area contributed by atoms with E-state index in [2.05, 4.69) is 4.74 Å². The Morgan fingerprint density at radius 2 is 0.836 bits per heavy atom. The van der Waals surface area contributed by atoms with Crippen LogP contribution in [0.5, 0.6) is 0 Å². The number of carbonyl (C=O) groups excluding carboxylic acids is 8. The molecule has 0 amide bonds. The third-order valence-corrected chi connectivity index (χ3v) is 9.54. The fourth-order valence-corrected chi connectivity index (χ4v) is 7.17. The zero-order valence-corrected chi connectivity index (χ0v) is 45.0. The molecule has 10 unspecified atom stereocenters. The van der Waals surface area contributed by atoms with Gasteiger partial charge < -0.3 is 90.7 Å². The molecule has 10 atom stereocenters. The maximum Gasteiger partial charge on any atom is 0.378 e. The van der Waals surface area contributed by atoms with Crippen molar-refractivity contribution in [1.82, 2.24) is 0 Å².